The third kappa shape index (κ3) is 1.84. The summed E-state index contributed by atoms with van der Waals surface area (Å²) in [4.78, 5) is 13.9. The van der Waals surface area contributed by atoms with Crippen LogP contribution in [0.5, 0.6) is 0 Å². The number of nitrogens with zero attached hydrogens (tertiary/aromatic N) is 4. The first-order chi connectivity index (χ1) is 8.65. The van der Waals surface area contributed by atoms with Crippen LogP contribution in [-0.4, -0.2) is 32.1 Å². The van der Waals surface area contributed by atoms with E-state index in [2.05, 4.69) is 26.1 Å². The van der Waals surface area contributed by atoms with Crippen LogP contribution < -0.4 is 0 Å². The Balaban J connectivity index is 1.82. The Morgan fingerprint density at radius 2 is 2.22 bits per heavy atom. The van der Waals surface area contributed by atoms with Gasteiger partial charge in [0.25, 0.3) is 5.91 Å². The van der Waals surface area contributed by atoms with Crippen LogP contribution in [0.25, 0.3) is 0 Å². The molecule has 0 aromatic carbocycles. The van der Waals surface area contributed by atoms with Crippen LogP contribution in [0.3, 0.4) is 0 Å². The van der Waals surface area contributed by atoms with Crippen molar-refractivity contribution in [3.8, 4) is 0 Å². The fourth-order valence-corrected chi connectivity index (χ4v) is 2.37. The van der Waals surface area contributed by atoms with E-state index >= 15 is 0 Å². The number of furan rings is 1. The molecule has 6 nitrogen and oxygen atoms in total. The maximum atomic E-state index is 12.2. The van der Waals surface area contributed by atoms with Gasteiger partial charge in [0.15, 0.2) is 16.3 Å². The van der Waals surface area contributed by atoms with E-state index in [0.29, 0.717) is 23.5 Å². The van der Waals surface area contributed by atoms with Gasteiger partial charge in [-0.15, -0.1) is 10.2 Å². The minimum atomic E-state index is -0.118. The number of hydrogen-bond donors (Lipinski definition) is 0. The minimum absolute atomic E-state index is 0.118. The highest BCUT2D eigenvalue weighted by atomic mass is 79.9. The number of aryl methyl sites for hydroxylation is 1. The number of carbonyl (C=O) groups excluding carboxylic acids is 1. The van der Waals surface area contributed by atoms with Gasteiger partial charge in [0.05, 0.1) is 6.54 Å². The fraction of sp³-hybridized carbons (Fsp3) is 0.364. The molecule has 0 saturated carbocycles. The summed E-state index contributed by atoms with van der Waals surface area (Å²) < 4.78 is 7.86. The van der Waals surface area contributed by atoms with E-state index in [1.54, 1.807) is 17.0 Å². The summed E-state index contributed by atoms with van der Waals surface area (Å²) in [5, 5.41) is 8.08. The van der Waals surface area contributed by atoms with Gasteiger partial charge >= 0.3 is 0 Å². The van der Waals surface area contributed by atoms with E-state index in [0.717, 1.165) is 18.2 Å². The Morgan fingerprint density at radius 1 is 1.39 bits per heavy atom. The minimum Gasteiger partial charge on any atom is -0.444 e. The van der Waals surface area contributed by atoms with Crippen molar-refractivity contribution in [2.24, 2.45) is 0 Å². The molecule has 0 radical (unpaired) electrons. The lowest BCUT2D eigenvalue weighted by molar-refractivity contribution is 0.0673. The van der Waals surface area contributed by atoms with Crippen LogP contribution in [-0.2, 0) is 13.1 Å². The van der Waals surface area contributed by atoms with Crippen LogP contribution in [0.1, 0.15) is 22.2 Å². The third-order valence-electron chi connectivity index (χ3n) is 3.01. The van der Waals surface area contributed by atoms with E-state index in [4.69, 9.17) is 4.42 Å². The molecule has 0 bridgehead atoms. The van der Waals surface area contributed by atoms with Crippen molar-refractivity contribution in [3.63, 3.8) is 0 Å². The van der Waals surface area contributed by atoms with Crippen molar-refractivity contribution in [2.45, 2.75) is 20.0 Å². The Bertz CT molecular complexity index is 604. The molecular formula is C11H11BrN4O2. The quantitative estimate of drug-likeness (QED) is 0.802. The van der Waals surface area contributed by atoms with Crippen molar-refractivity contribution in [1.29, 1.82) is 0 Å². The van der Waals surface area contributed by atoms with Crippen molar-refractivity contribution in [3.05, 3.63) is 34.2 Å². The van der Waals surface area contributed by atoms with E-state index in [1.165, 1.54) is 0 Å². The maximum Gasteiger partial charge on any atom is 0.290 e. The molecule has 18 heavy (non-hydrogen) atoms. The van der Waals surface area contributed by atoms with Crippen molar-refractivity contribution in [1.82, 2.24) is 19.7 Å². The van der Waals surface area contributed by atoms with Gasteiger partial charge in [0.2, 0.25) is 0 Å². The summed E-state index contributed by atoms with van der Waals surface area (Å²) in [6.45, 7) is 3.75. The molecule has 0 fully saturated rings. The SMILES string of the molecule is Cc1nnc2n1CCN(C(=O)c1ccc(Br)o1)C2. The summed E-state index contributed by atoms with van der Waals surface area (Å²) in [7, 11) is 0. The van der Waals surface area contributed by atoms with Gasteiger partial charge in [-0.05, 0) is 35.0 Å². The van der Waals surface area contributed by atoms with Gasteiger partial charge in [0, 0.05) is 13.1 Å². The molecule has 1 amide bonds. The zero-order valence-electron chi connectivity index (χ0n) is 9.76. The van der Waals surface area contributed by atoms with Gasteiger partial charge in [-0.1, -0.05) is 0 Å². The Kier molecular flexibility index (Phi) is 2.70. The summed E-state index contributed by atoms with van der Waals surface area (Å²) in [5.74, 6) is 1.93. The predicted octanol–water partition coefficient (Wildman–Crippen LogP) is 1.60. The van der Waals surface area contributed by atoms with E-state index < -0.39 is 0 Å². The molecule has 0 aliphatic carbocycles. The average Bonchev–Trinajstić information content (AvgIpc) is 2.95. The molecule has 2 aromatic rings. The normalized spacial score (nSPS) is 14.7. The van der Waals surface area contributed by atoms with Crippen LogP contribution in [0.2, 0.25) is 0 Å². The number of carbonyl (C=O) groups is 1. The highest BCUT2D eigenvalue weighted by Gasteiger charge is 2.25. The van der Waals surface area contributed by atoms with Crippen LogP contribution in [0.15, 0.2) is 21.2 Å². The standard InChI is InChI=1S/C11H11BrN4O2/c1-7-13-14-10-6-15(4-5-16(7)10)11(17)8-2-3-9(12)18-8/h2-3H,4-6H2,1H3. The number of fused-ring (bicyclic) bond motifs is 1. The largest absolute Gasteiger partial charge is 0.444 e. The topological polar surface area (TPSA) is 64.2 Å². The molecule has 7 heteroatoms. The van der Waals surface area contributed by atoms with E-state index in [1.807, 2.05) is 11.5 Å². The molecule has 0 spiro atoms. The van der Waals surface area contributed by atoms with Crippen LogP contribution in [0.4, 0.5) is 0 Å². The maximum absolute atomic E-state index is 12.2. The molecule has 0 N–H and O–H groups in total. The second-order valence-corrected chi connectivity index (χ2v) is 4.93. The summed E-state index contributed by atoms with van der Waals surface area (Å²) in [5.41, 5.74) is 0. The second-order valence-electron chi connectivity index (χ2n) is 4.15. The summed E-state index contributed by atoms with van der Waals surface area (Å²) in [6, 6.07) is 3.38. The van der Waals surface area contributed by atoms with Gasteiger partial charge in [-0.25, -0.2) is 0 Å². The molecule has 0 unspecified atom stereocenters. The Labute approximate surface area is 112 Å². The molecule has 2 aromatic heterocycles. The predicted molar refractivity (Wildman–Crippen MR) is 65.9 cm³/mol. The van der Waals surface area contributed by atoms with Gasteiger partial charge in [0.1, 0.15) is 5.82 Å². The van der Waals surface area contributed by atoms with Gasteiger partial charge < -0.3 is 13.9 Å². The Hall–Kier alpha value is -1.63. The van der Waals surface area contributed by atoms with E-state index in [-0.39, 0.29) is 5.91 Å². The summed E-state index contributed by atoms with van der Waals surface area (Å²) in [6.07, 6.45) is 0. The fourth-order valence-electron chi connectivity index (χ4n) is 2.06. The zero-order chi connectivity index (χ0) is 12.7. The lowest BCUT2D eigenvalue weighted by atomic mass is 10.3. The third-order valence-corrected chi connectivity index (χ3v) is 3.44. The van der Waals surface area contributed by atoms with Crippen molar-refractivity contribution >= 4 is 21.8 Å². The first kappa shape index (κ1) is 11.5. The molecule has 1 aliphatic heterocycles. The monoisotopic (exact) mass is 310 g/mol. The first-order valence-corrected chi connectivity index (χ1v) is 6.38. The lowest BCUT2D eigenvalue weighted by Crippen LogP contribution is -2.38. The molecule has 3 heterocycles. The lowest BCUT2D eigenvalue weighted by Gasteiger charge is -2.26. The molecule has 0 saturated heterocycles. The highest BCUT2D eigenvalue weighted by molar-refractivity contribution is 9.10. The molecule has 1 aliphatic rings. The Morgan fingerprint density at radius 3 is 2.94 bits per heavy atom. The molecule has 94 valence electrons. The number of aromatic nitrogens is 3. The first-order valence-electron chi connectivity index (χ1n) is 5.58. The van der Waals surface area contributed by atoms with Crippen LogP contribution in [0, 0.1) is 6.92 Å². The second kappa shape index (κ2) is 4.24. The van der Waals surface area contributed by atoms with Gasteiger partial charge in [-0.3, -0.25) is 4.79 Å². The van der Waals surface area contributed by atoms with Gasteiger partial charge in [-0.2, -0.15) is 0 Å². The number of amides is 1. The van der Waals surface area contributed by atoms with E-state index in [9.17, 15) is 4.79 Å². The van der Waals surface area contributed by atoms with Crippen molar-refractivity contribution < 1.29 is 9.21 Å². The number of halogens is 1. The number of rotatable bonds is 1. The number of hydrogen-bond acceptors (Lipinski definition) is 4. The molecular weight excluding hydrogens is 300 g/mol. The highest BCUT2D eigenvalue weighted by Crippen LogP contribution is 2.19. The average molecular weight is 311 g/mol. The molecule has 3 rings (SSSR count). The zero-order valence-corrected chi connectivity index (χ0v) is 11.3. The smallest absolute Gasteiger partial charge is 0.290 e. The summed E-state index contributed by atoms with van der Waals surface area (Å²) >= 11 is 3.19. The molecule has 0 atom stereocenters. The van der Waals surface area contributed by atoms with Crippen molar-refractivity contribution in [2.75, 3.05) is 6.54 Å². The van der Waals surface area contributed by atoms with Crippen LogP contribution >= 0.6 is 15.9 Å².